The number of furan rings is 2. The Hall–Kier alpha value is -1.89. The van der Waals surface area contributed by atoms with Crippen LogP contribution in [0.1, 0.15) is 0 Å². The fraction of sp³-hybridized carbons (Fsp3) is 0. The Balaban J connectivity index is 2.08. The smallest absolute Gasteiger partial charge is 0.433 e. The van der Waals surface area contributed by atoms with Crippen LogP contribution in [-0.2, 0) is 10.4 Å². The first-order valence-electron chi connectivity index (χ1n) is 3.87. The first kappa shape index (κ1) is 9.66. The van der Waals surface area contributed by atoms with Crippen molar-refractivity contribution in [2.75, 3.05) is 0 Å². The predicted octanol–water partition coefficient (Wildman–Crippen LogP) is 1.58. The van der Waals surface area contributed by atoms with E-state index in [9.17, 15) is 8.42 Å². The van der Waals surface area contributed by atoms with Gasteiger partial charge in [-0.25, -0.2) is 0 Å². The lowest BCUT2D eigenvalue weighted by Gasteiger charge is -2.01. The van der Waals surface area contributed by atoms with Crippen LogP contribution in [0.5, 0.6) is 11.9 Å². The summed E-state index contributed by atoms with van der Waals surface area (Å²) in [5.74, 6) is -0.358. The topological polar surface area (TPSA) is 78.9 Å². The summed E-state index contributed by atoms with van der Waals surface area (Å²) >= 11 is 0. The fourth-order valence-electron chi connectivity index (χ4n) is 0.840. The first-order chi connectivity index (χ1) is 7.16. The molecular weight excluding hydrogens is 224 g/mol. The van der Waals surface area contributed by atoms with Crippen molar-refractivity contribution >= 4 is 10.4 Å². The summed E-state index contributed by atoms with van der Waals surface area (Å²) < 4.78 is 40.6. The van der Waals surface area contributed by atoms with Gasteiger partial charge in [0.05, 0.1) is 12.5 Å². The molecule has 0 N–H and O–H groups in total. The zero-order valence-corrected chi connectivity index (χ0v) is 8.14. The van der Waals surface area contributed by atoms with E-state index in [1.54, 1.807) is 0 Å². The van der Waals surface area contributed by atoms with Crippen molar-refractivity contribution in [2.45, 2.75) is 0 Å². The minimum atomic E-state index is -4.21. The Morgan fingerprint density at radius 3 is 1.73 bits per heavy atom. The molecule has 0 aromatic carbocycles. The molecule has 0 radical (unpaired) electrons. The second-order valence-corrected chi connectivity index (χ2v) is 3.59. The lowest BCUT2D eigenvalue weighted by Crippen LogP contribution is -2.15. The molecule has 0 atom stereocenters. The van der Waals surface area contributed by atoms with Crippen LogP contribution in [0.4, 0.5) is 0 Å². The standard InChI is InChI=1S/C8H6O6S/c9-15(10,13-7-3-1-5-11-7)14-8-4-2-6-12-8/h1-6H. The normalized spacial score (nSPS) is 11.2. The van der Waals surface area contributed by atoms with Crippen LogP contribution in [0, 0.1) is 0 Å². The number of hydrogen-bond acceptors (Lipinski definition) is 6. The number of rotatable bonds is 4. The van der Waals surface area contributed by atoms with Gasteiger partial charge in [-0.2, -0.15) is 0 Å². The lowest BCUT2D eigenvalue weighted by atomic mass is 10.7. The molecule has 0 amide bonds. The van der Waals surface area contributed by atoms with E-state index in [0.29, 0.717) is 0 Å². The summed E-state index contributed by atoms with van der Waals surface area (Å²) in [7, 11) is -4.21. The molecule has 0 aliphatic carbocycles. The maximum absolute atomic E-state index is 11.2. The van der Waals surface area contributed by atoms with Gasteiger partial charge in [0.1, 0.15) is 0 Å². The molecule has 2 aromatic rings. The van der Waals surface area contributed by atoms with E-state index in [1.165, 1.54) is 36.8 Å². The van der Waals surface area contributed by atoms with Crippen LogP contribution in [0.3, 0.4) is 0 Å². The molecule has 80 valence electrons. The van der Waals surface area contributed by atoms with Gasteiger partial charge in [0.25, 0.3) is 0 Å². The third-order valence-electron chi connectivity index (χ3n) is 1.36. The Morgan fingerprint density at radius 2 is 1.40 bits per heavy atom. The molecule has 2 rings (SSSR count). The van der Waals surface area contributed by atoms with Crippen molar-refractivity contribution in [1.82, 2.24) is 0 Å². The summed E-state index contributed by atoms with van der Waals surface area (Å²) in [5, 5.41) is 0. The van der Waals surface area contributed by atoms with Gasteiger partial charge in [0.2, 0.25) is 0 Å². The minimum Gasteiger partial charge on any atom is -0.433 e. The van der Waals surface area contributed by atoms with Gasteiger partial charge >= 0.3 is 22.3 Å². The summed E-state index contributed by atoms with van der Waals surface area (Å²) in [6, 6.07) is 5.64. The van der Waals surface area contributed by atoms with Crippen LogP contribution in [0.2, 0.25) is 0 Å². The van der Waals surface area contributed by atoms with Crippen LogP contribution in [0.25, 0.3) is 0 Å². The third-order valence-corrected chi connectivity index (χ3v) is 2.10. The second-order valence-electron chi connectivity index (χ2n) is 2.44. The van der Waals surface area contributed by atoms with Gasteiger partial charge in [-0.1, -0.05) is 0 Å². The summed E-state index contributed by atoms with van der Waals surface area (Å²) in [4.78, 5) is 0. The predicted molar refractivity (Wildman–Crippen MR) is 47.6 cm³/mol. The minimum absolute atomic E-state index is 0.179. The molecule has 6 nitrogen and oxygen atoms in total. The van der Waals surface area contributed by atoms with Crippen LogP contribution < -0.4 is 8.37 Å². The van der Waals surface area contributed by atoms with E-state index < -0.39 is 10.4 Å². The molecule has 0 fully saturated rings. The quantitative estimate of drug-likeness (QED) is 0.793. The van der Waals surface area contributed by atoms with Crippen molar-refractivity contribution in [2.24, 2.45) is 0 Å². The van der Waals surface area contributed by atoms with E-state index >= 15 is 0 Å². The zero-order chi connectivity index (χ0) is 10.7. The second kappa shape index (κ2) is 3.70. The van der Waals surface area contributed by atoms with Gasteiger partial charge in [0.15, 0.2) is 0 Å². The molecule has 7 heteroatoms. The molecule has 0 unspecified atom stereocenters. The van der Waals surface area contributed by atoms with Gasteiger partial charge in [-0.3, -0.25) is 0 Å². The van der Waals surface area contributed by atoms with Crippen molar-refractivity contribution in [3.8, 4) is 11.9 Å². The van der Waals surface area contributed by atoms with Gasteiger partial charge in [0, 0.05) is 12.1 Å². The zero-order valence-electron chi connectivity index (χ0n) is 7.32. The summed E-state index contributed by atoms with van der Waals surface area (Å²) in [6.07, 6.45) is 2.55. The third kappa shape index (κ3) is 2.53. The van der Waals surface area contributed by atoms with E-state index in [-0.39, 0.29) is 11.9 Å². The molecule has 0 bridgehead atoms. The van der Waals surface area contributed by atoms with Gasteiger partial charge < -0.3 is 17.2 Å². The van der Waals surface area contributed by atoms with Gasteiger partial charge in [-0.15, -0.1) is 8.42 Å². The Morgan fingerprint density at radius 1 is 0.933 bits per heavy atom. The highest BCUT2D eigenvalue weighted by Gasteiger charge is 2.18. The Kier molecular flexibility index (Phi) is 2.38. The summed E-state index contributed by atoms with van der Waals surface area (Å²) in [5.41, 5.74) is 0. The maximum Gasteiger partial charge on any atom is 0.506 e. The molecule has 0 saturated heterocycles. The molecule has 15 heavy (non-hydrogen) atoms. The maximum atomic E-state index is 11.2. The molecule has 0 saturated carbocycles. The Bertz CT molecular complexity index is 453. The Labute approximate surface area is 85.3 Å². The highest BCUT2D eigenvalue weighted by atomic mass is 32.3. The van der Waals surface area contributed by atoms with E-state index in [2.05, 4.69) is 17.2 Å². The highest BCUT2D eigenvalue weighted by molar-refractivity contribution is 7.82. The molecule has 0 aliphatic heterocycles. The molecule has 0 spiro atoms. The van der Waals surface area contributed by atoms with Crippen LogP contribution in [0.15, 0.2) is 45.6 Å². The van der Waals surface area contributed by atoms with E-state index in [0.717, 1.165) is 0 Å². The van der Waals surface area contributed by atoms with Crippen molar-refractivity contribution in [3.05, 3.63) is 36.8 Å². The molecule has 0 aliphatic rings. The van der Waals surface area contributed by atoms with Crippen LogP contribution in [-0.4, -0.2) is 8.42 Å². The van der Waals surface area contributed by atoms with Crippen molar-refractivity contribution < 1.29 is 25.6 Å². The monoisotopic (exact) mass is 230 g/mol. The molecule has 2 heterocycles. The van der Waals surface area contributed by atoms with Crippen molar-refractivity contribution in [3.63, 3.8) is 0 Å². The van der Waals surface area contributed by atoms with Crippen molar-refractivity contribution in [1.29, 1.82) is 0 Å². The van der Waals surface area contributed by atoms with E-state index in [4.69, 9.17) is 0 Å². The first-order valence-corrected chi connectivity index (χ1v) is 5.20. The average Bonchev–Trinajstić information content (AvgIpc) is 2.75. The van der Waals surface area contributed by atoms with E-state index in [1.807, 2.05) is 0 Å². The highest BCUT2D eigenvalue weighted by Crippen LogP contribution is 2.17. The molecule has 2 aromatic heterocycles. The molecular formula is C8H6O6S. The fourth-order valence-corrected chi connectivity index (χ4v) is 1.47. The number of hydrogen-bond donors (Lipinski definition) is 0. The lowest BCUT2D eigenvalue weighted by molar-refractivity contribution is 0.309. The SMILES string of the molecule is O=S(=O)(Oc1ccco1)Oc1ccco1. The largest absolute Gasteiger partial charge is 0.506 e. The van der Waals surface area contributed by atoms with Crippen LogP contribution >= 0.6 is 0 Å². The average molecular weight is 230 g/mol. The van der Waals surface area contributed by atoms with Gasteiger partial charge in [-0.05, 0) is 12.1 Å². The summed E-state index contributed by atoms with van der Waals surface area (Å²) in [6.45, 7) is 0.